The number of rotatable bonds is 3. The number of ether oxygens (including phenoxy) is 2. The van der Waals surface area contributed by atoms with Gasteiger partial charge < -0.3 is 19.5 Å². The maximum Gasteiger partial charge on any atom is 0.410 e. The van der Waals surface area contributed by atoms with Gasteiger partial charge in [-0.1, -0.05) is 12.1 Å². The summed E-state index contributed by atoms with van der Waals surface area (Å²) in [5, 5.41) is 9.74. The minimum absolute atomic E-state index is 0.0735. The average molecular weight is 307 g/mol. The highest BCUT2D eigenvalue weighted by Crippen LogP contribution is 2.34. The third-order valence-electron chi connectivity index (χ3n) is 3.90. The van der Waals surface area contributed by atoms with Gasteiger partial charge in [-0.3, -0.25) is 0 Å². The normalized spacial score (nSPS) is 21.8. The van der Waals surface area contributed by atoms with Gasteiger partial charge in [-0.05, 0) is 44.9 Å². The molecule has 0 radical (unpaired) electrons. The van der Waals surface area contributed by atoms with Crippen LogP contribution in [-0.4, -0.2) is 48.0 Å². The molecule has 0 aromatic heterocycles. The number of hydrogen-bond acceptors (Lipinski definition) is 4. The van der Waals surface area contributed by atoms with E-state index in [1.165, 1.54) is 0 Å². The minimum atomic E-state index is -0.532. The smallest absolute Gasteiger partial charge is 0.410 e. The lowest BCUT2D eigenvalue weighted by atomic mass is 9.92. The van der Waals surface area contributed by atoms with Crippen molar-refractivity contribution in [3.63, 3.8) is 0 Å². The Kier molecular flexibility index (Phi) is 4.96. The Labute approximate surface area is 131 Å². The lowest BCUT2D eigenvalue weighted by molar-refractivity contribution is 0.0165. The molecule has 1 N–H and O–H groups in total. The largest absolute Gasteiger partial charge is 0.497 e. The molecule has 0 bridgehead atoms. The highest BCUT2D eigenvalue weighted by molar-refractivity contribution is 5.69. The monoisotopic (exact) mass is 307 g/mol. The van der Waals surface area contributed by atoms with Crippen molar-refractivity contribution in [2.45, 2.75) is 44.8 Å². The fraction of sp³-hybridized carbons (Fsp3) is 0.588. The van der Waals surface area contributed by atoms with Crippen molar-refractivity contribution < 1.29 is 19.4 Å². The second-order valence-electron chi connectivity index (χ2n) is 6.59. The van der Waals surface area contributed by atoms with Gasteiger partial charge in [-0.25, -0.2) is 4.79 Å². The molecule has 1 amide bonds. The summed E-state index contributed by atoms with van der Waals surface area (Å²) in [6.07, 6.45) is 0.458. The van der Waals surface area contributed by atoms with Crippen molar-refractivity contribution in [2.24, 2.45) is 0 Å². The van der Waals surface area contributed by atoms with Gasteiger partial charge >= 0.3 is 6.09 Å². The number of hydrogen-bond donors (Lipinski definition) is 1. The number of nitrogens with zero attached hydrogens (tertiary/aromatic N) is 1. The first kappa shape index (κ1) is 16.6. The van der Waals surface area contributed by atoms with E-state index in [0.29, 0.717) is 6.54 Å². The number of amides is 1. The van der Waals surface area contributed by atoms with E-state index < -0.39 is 5.60 Å². The van der Waals surface area contributed by atoms with Crippen LogP contribution in [0.4, 0.5) is 4.79 Å². The second-order valence-corrected chi connectivity index (χ2v) is 6.59. The summed E-state index contributed by atoms with van der Waals surface area (Å²) in [6.45, 7) is 6.05. The van der Waals surface area contributed by atoms with Crippen molar-refractivity contribution in [1.29, 1.82) is 0 Å². The average Bonchev–Trinajstić information content (AvgIpc) is 2.89. The Morgan fingerprint density at radius 1 is 1.32 bits per heavy atom. The summed E-state index contributed by atoms with van der Waals surface area (Å²) < 4.78 is 10.6. The van der Waals surface area contributed by atoms with Gasteiger partial charge in [0.05, 0.1) is 19.8 Å². The zero-order valence-electron chi connectivity index (χ0n) is 13.7. The molecule has 1 aromatic rings. The third-order valence-corrected chi connectivity index (χ3v) is 3.90. The maximum atomic E-state index is 12.3. The van der Waals surface area contributed by atoms with Crippen LogP contribution < -0.4 is 4.74 Å². The predicted molar refractivity (Wildman–Crippen MR) is 84.2 cm³/mol. The van der Waals surface area contributed by atoms with Gasteiger partial charge in [0.25, 0.3) is 0 Å². The summed E-state index contributed by atoms with van der Waals surface area (Å²) in [5.74, 6) is 0.912. The van der Waals surface area contributed by atoms with E-state index >= 15 is 0 Å². The first-order valence-corrected chi connectivity index (χ1v) is 7.60. The predicted octanol–water partition coefficient (Wildman–Crippen LogP) is 2.78. The van der Waals surface area contributed by atoms with Gasteiger partial charge in [0, 0.05) is 12.5 Å². The molecule has 5 heteroatoms. The van der Waals surface area contributed by atoms with E-state index in [-0.39, 0.29) is 24.7 Å². The van der Waals surface area contributed by atoms with E-state index in [1.54, 1.807) is 12.0 Å². The van der Waals surface area contributed by atoms with Crippen LogP contribution in [0.5, 0.6) is 5.75 Å². The number of methoxy groups -OCH3 is 1. The van der Waals surface area contributed by atoms with Crippen LogP contribution in [0.2, 0.25) is 0 Å². The maximum absolute atomic E-state index is 12.3. The molecule has 0 spiro atoms. The molecule has 5 nitrogen and oxygen atoms in total. The van der Waals surface area contributed by atoms with Crippen molar-refractivity contribution in [1.82, 2.24) is 4.90 Å². The summed E-state index contributed by atoms with van der Waals surface area (Å²) in [6, 6.07) is 7.54. The van der Waals surface area contributed by atoms with Crippen molar-refractivity contribution in [3.05, 3.63) is 29.8 Å². The van der Waals surface area contributed by atoms with Gasteiger partial charge in [0.1, 0.15) is 11.4 Å². The number of carbonyl (C=O) groups excluding carboxylic acids is 1. The Morgan fingerprint density at radius 2 is 1.95 bits per heavy atom. The van der Waals surface area contributed by atoms with Crippen LogP contribution in [0.1, 0.15) is 38.7 Å². The van der Waals surface area contributed by atoms with E-state index in [4.69, 9.17) is 9.47 Å². The Bertz CT molecular complexity index is 506. The third kappa shape index (κ3) is 3.71. The lowest BCUT2D eigenvalue weighted by Gasteiger charge is -2.29. The number of aliphatic hydroxyl groups excluding tert-OH is 1. The molecular formula is C17H25NO4. The van der Waals surface area contributed by atoms with Gasteiger partial charge in [0.2, 0.25) is 0 Å². The van der Waals surface area contributed by atoms with Gasteiger partial charge in [0.15, 0.2) is 0 Å². The number of aliphatic hydroxyl groups is 1. The van der Waals surface area contributed by atoms with Crippen LogP contribution >= 0.6 is 0 Å². The Balaban J connectivity index is 2.13. The molecule has 1 aromatic carbocycles. The molecule has 1 saturated heterocycles. The fourth-order valence-corrected chi connectivity index (χ4v) is 2.87. The van der Waals surface area contributed by atoms with Gasteiger partial charge in [-0.15, -0.1) is 0 Å². The molecule has 22 heavy (non-hydrogen) atoms. The molecular weight excluding hydrogens is 282 g/mol. The van der Waals surface area contributed by atoms with E-state index in [9.17, 15) is 9.90 Å². The topological polar surface area (TPSA) is 59.0 Å². The molecule has 0 unspecified atom stereocenters. The van der Waals surface area contributed by atoms with E-state index in [0.717, 1.165) is 17.7 Å². The first-order valence-electron chi connectivity index (χ1n) is 7.60. The number of benzene rings is 1. The molecule has 0 saturated carbocycles. The molecule has 122 valence electrons. The molecule has 0 aliphatic carbocycles. The zero-order chi connectivity index (χ0) is 16.3. The number of carbonyl (C=O) groups is 1. The van der Waals surface area contributed by atoms with Crippen LogP contribution in [0.15, 0.2) is 24.3 Å². The van der Waals surface area contributed by atoms with Crippen molar-refractivity contribution in [3.8, 4) is 5.75 Å². The molecule has 1 fully saturated rings. The summed E-state index contributed by atoms with van der Waals surface area (Å²) >= 11 is 0. The highest BCUT2D eigenvalue weighted by Gasteiger charge is 2.39. The van der Waals surface area contributed by atoms with Crippen LogP contribution in [0.25, 0.3) is 0 Å². The van der Waals surface area contributed by atoms with Crippen molar-refractivity contribution in [2.75, 3.05) is 20.3 Å². The summed E-state index contributed by atoms with van der Waals surface area (Å²) in [4.78, 5) is 13.9. The quantitative estimate of drug-likeness (QED) is 0.933. The Morgan fingerprint density at radius 3 is 2.45 bits per heavy atom. The van der Waals surface area contributed by atoms with Crippen molar-refractivity contribution >= 4 is 6.09 Å². The summed E-state index contributed by atoms with van der Waals surface area (Å²) in [7, 11) is 1.63. The van der Waals surface area contributed by atoms with Crippen LogP contribution in [-0.2, 0) is 4.74 Å². The van der Waals surface area contributed by atoms with Crippen LogP contribution in [0.3, 0.4) is 0 Å². The lowest BCUT2D eigenvalue weighted by Crippen LogP contribution is -2.42. The van der Waals surface area contributed by atoms with E-state index in [2.05, 4.69) is 0 Å². The Hall–Kier alpha value is -1.75. The van der Waals surface area contributed by atoms with Crippen LogP contribution in [0, 0.1) is 0 Å². The molecule has 1 heterocycles. The molecule has 2 atom stereocenters. The SMILES string of the molecule is COc1ccc([C@H]2CCN(C(=O)OC(C)(C)C)[C@H]2CO)cc1. The minimum Gasteiger partial charge on any atom is -0.497 e. The highest BCUT2D eigenvalue weighted by atomic mass is 16.6. The first-order chi connectivity index (χ1) is 10.4. The zero-order valence-corrected chi connectivity index (χ0v) is 13.7. The number of likely N-dealkylation sites (tertiary alicyclic amines) is 1. The molecule has 2 rings (SSSR count). The van der Waals surface area contributed by atoms with E-state index in [1.807, 2.05) is 45.0 Å². The second kappa shape index (κ2) is 6.57. The molecule has 1 aliphatic rings. The molecule has 1 aliphatic heterocycles. The van der Waals surface area contributed by atoms with Gasteiger partial charge in [-0.2, -0.15) is 0 Å². The summed E-state index contributed by atoms with van der Waals surface area (Å²) in [5.41, 5.74) is 0.570. The fourth-order valence-electron chi connectivity index (χ4n) is 2.87. The standard InChI is InChI=1S/C17H25NO4/c1-17(2,3)22-16(20)18-10-9-14(15(18)11-19)12-5-7-13(21-4)8-6-12/h5-8,14-15,19H,9-11H2,1-4H3/t14-,15+/m1/s1.